The molecular formula is C6H3ClFNO2. The molecule has 58 valence electrons. The Hall–Kier alpha value is -1.16. The number of nitro benzene ring substituents is 1. The van der Waals surface area contributed by atoms with Crippen LogP contribution in [0, 0.1) is 15.9 Å². The van der Waals surface area contributed by atoms with Gasteiger partial charge in [-0.25, -0.2) is 4.39 Å². The predicted molar refractivity (Wildman–Crippen MR) is 38.1 cm³/mol. The van der Waals surface area contributed by atoms with Crippen LogP contribution in [0.25, 0.3) is 0 Å². The van der Waals surface area contributed by atoms with Gasteiger partial charge in [0.05, 0.1) is 16.0 Å². The Morgan fingerprint density at radius 3 is 2.55 bits per heavy atom. The highest BCUT2D eigenvalue weighted by atomic mass is 35.5. The second-order valence-corrected chi connectivity index (χ2v) is 2.32. The van der Waals surface area contributed by atoms with E-state index in [1.54, 1.807) is 0 Å². The van der Waals surface area contributed by atoms with Crippen LogP contribution in [0.15, 0.2) is 18.2 Å². The Morgan fingerprint density at radius 2 is 2.09 bits per heavy atom. The summed E-state index contributed by atoms with van der Waals surface area (Å²) in [6.07, 6.45) is 0. The van der Waals surface area contributed by atoms with Gasteiger partial charge in [0.25, 0.3) is 5.69 Å². The summed E-state index contributed by atoms with van der Waals surface area (Å²) in [5.41, 5.74) is -0.338. The SMILES string of the molecule is O=[N+]([O-])c1cc(F)cc(Cl)c1. The van der Waals surface area contributed by atoms with Gasteiger partial charge in [-0.3, -0.25) is 10.1 Å². The fraction of sp³-hybridized carbons (Fsp3) is 0. The first-order chi connectivity index (χ1) is 5.09. The molecule has 0 N–H and O–H groups in total. The molecule has 1 rings (SSSR count). The standard InChI is InChI=1S/C6H3ClFNO2/c7-4-1-5(8)3-6(2-4)9(10)11/h1-3H. The summed E-state index contributed by atoms with van der Waals surface area (Å²) < 4.78 is 12.4. The number of nitro groups is 1. The molecule has 1 aromatic rings. The van der Waals surface area contributed by atoms with E-state index in [0.717, 1.165) is 18.2 Å². The molecule has 0 aromatic heterocycles. The van der Waals surface area contributed by atoms with Crippen LogP contribution < -0.4 is 0 Å². The fourth-order valence-electron chi connectivity index (χ4n) is 0.645. The van der Waals surface area contributed by atoms with E-state index in [0.29, 0.717) is 0 Å². The van der Waals surface area contributed by atoms with Gasteiger partial charge in [0.2, 0.25) is 0 Å². The Morgan fingerprint density at radius 1 is 1.45 bits per heavy atom. The maximum absolute atomic E-state index is 12.4. The molecule has 0 amide bonds. The maximum Gasteiger partial charge on any atom is 0.273 e. The molecule has 0 atom stereocenters. The first-order valence-corrected chi connectivity index (χ1v) is 3.08. The molecule has 5 heteroatoms. The van der Waals surface area contributed by atoms with E-state index in [2.05, 4.69) is 0 Å². The number of nitrogens with zero attached hydrogens (tertiary/aromatic N) is 1. The highest BCUT2D eigenvalue weighted by molar-refractivity contribution is 6.30. The molecular weight excluding hydrogens is 173 g/mol. The van der Waals surface area contributed by atoms with Crippen LogP contribution in [-0.2, 0) is 0 Å². The monoisotopic (exact) mass is 175 g/mol. The third-order valence-corrected chi connectivity index (χ3v) is 1.28. The van der Waals surface area contributed by atoms with E-state index in [9.17, 15) is 14.5 Å². The van der Waals surface area contributed by atoms with Crippen LogP contribution in [0.4, 0.5) is 10.1 Å². The number of non-ortho nitro benzene ring substituents is 1. The zero-order valence-corrected chi connectivity index (χ0v) is 6.01. The summed E-state index contributed by atoms with van der Waals surface area (Å²) in [4.78, 5) is 9.39. The first-order valence-electron chi connectivity index (χ1n) is 2.70. The molecule has 0 radical (unpaired) electrons. The minimum atomic E-state index is -0.704. The van der Waals surface area contributed by atoms with E-state index in [4.69, 9.17) is 11.6 Å². The summed E-state index contributed by atoms with van der Waals surface area (Å²) in [5.74, 6) is -0.704. The lowest BCUT2D eigenvalue weighted by molar-refractivity contribution is -0.385. The van der Waals surface area contributed by atoms with E-state index < -0.39 is 10.7 Å². The number of hydrogen-bond donors (Lipinski definition) is 0. The van der Waals surface area contributed by atoms with Crippen LogP contribution >= 0.6 is 11.6 Å². The third-order valence-electron chi connectivity index (χ3n) is 1.06. The van der Waals surface area contributed by atoms with Crippen molar-refractivity contribution >= 4 is 17.3 Å². The average molecular weight is 176 g/mol. The van der Waals surface area contributed by atoms with Crippen LogP contribution in [0.3, 0.4) is 0 Å². The highest BCUT2D eigenvalue weighted by Gasteiger charge is 2.07. The molecule has 3 nitrogen and oxygen atoms in total. The van der Waals surface area contributed by atoms with E-state index in [-0.39, 0.29) is 10.7 Å². The second-order valence-electron chi connectivity index (χ2n) is 1.88. The maximum atomic E-state index is 12.4. The minimum Gasteiger partial charge on any atom is -0.258 e. The van der Waals surface area contributed by atoms with Crippen LogP contribution in [0.2, 0.25) is 5.02 Å². The topological polar surface area (TPSA) is 43.1 Å². The van der Waals surface area contributed by atoms with Crippen molar-refractivity contribution in [2.45, 2.75) is 0 Å². The molecule has 0 saturated carbocycles. The summed E-state index contributed by atoms with van der Waals surface area (Å²) in [7, 11) is 0. The molecule has 0 aliphatic carbocycles. The molecule has 0 aliphatic heterocycles. The molecule has 1 aromatic carbocycles. The Kier molecular flexibility index (Phi) is 2.05. The Labute approximate surface area is 66.6 Å². The molecule has 0 saturated heterocycles. The zero-order chi connectivity index (χ0) is 8.43. The summed E-state index contributed by atoms with van der Waals surface area (Å²) in [6.45, 7) is 0. The van der Waals surface area contributed by atoms with Crippen molar-refractivity contribution < 1.29 is 9.31 Å². The van der Waals surface area contributed by atoms with Crippen molar-refractivity contribution in [3.05, 3.63) is 39.2 Å². The smallest absolute Gasteiger partial charge is 0.258 e. The molecule has 0 fully saturated rings. The first kappa shape index (κ1) is 7.94. The average Bonchev–Trinajstić information content (AvgIpc) is 1.85. The van der Waals surface area contributed by atoms with Crippen molar-refractivity contribution in [3.63, 3.8) is 0 Å². The Balaban J connectivity index is 3.19. The van der Waals surface area contributed by atoms with Crippen molar-refractivity contribution in [2.75, 3.05) is 0 Å². The van der Waals surface area contributed by atoms with Crippen LogP contribution in [0.1, 0.15) is 0 Å². The summed E-state index contributed by atoms with van der Waals surface area (Å²) >= 11 is 5.35. The van der Waals surface area contributed by atoms with Gasteiger partial charge in [0, 0.05) is 6.07 Å². The normalized spacial score (nSPS) is 9.64. The Bertz CT molecular complexity index is 282. The van der Waals surface area contributed by atoms with Crippen LogP contribution in [0.5, 0.6) is 0 Å². The third kappa shape index (κ3) is 1.88. The van der Waals surface area contributed by atoms with Gasteiger partial charge >= 0.3 is 0 Å². The van der Waals surface area contributed by atoms with Crippen molar-refractivity contribution in [1.82, 2.24) is 0 Å². The van der Waals surface area contributed by atoms with E-state index >= 15 is 0 Å². The van der Waals surface area contributed by atoms with Gasteiger partial charge in [0.1, 0.15) is 5.82 Å². The van der Waals surface area contributed by atoms with Gasteiger partial charge < -0.3 is 0 Å². The lowest BCUT2D eigenvalue weighted by Crippen LogP contribution is -1.88. The molecule has 0 heterocycles. The van der Waals surface area contributed by atoms with Gasteiger partial charge in [-0.15, -0.1) is 0 Å². The van der Waals surface area contributed by atoms with Gasteiger partial charge in [-0.1, -0.05) is 11.6 Å². The van der Waals surface area contributed by atoms with Crippen molar-refractivity contribution in [3.8, 4) is 0 Å². The summed E-state index contributed by atoms with van der Waals surface area (Å²) in [5, 5.41) is 10.1. The highest BCUT2D eigenvalue weighted by Crippen LogP contribution is 2.19. The van der Waals surface area contributed by atoms with Crippen molar-refractivity contribution in [2.24, 2.45) is 0 Å². The minimum absolute atomic E-state index is 0.0247. The predicted octanol–water partition coefficient (Wildman–Crippen LogP) is 2.39. The number of benzene rings is 1. The van der Waals surface area contributed by atoms with E-state index in [1.165, 1.54) is 0 Å². The number of rotatable bonds is 1. The number of halogens is 2. The van der Waals surface area contributed by atoms with Gasteiger partial charge in [0.15, 0.2) is 0 Å². The lowest BCUT2D eigenvalue weighted by Gasteiger charge is -1.91. The summed E-state index contributed by atoms with van der Waals surface area (Å²) in [6, 6.07) is 2.91. The molecule has 0 unspecified atom stereocenters. The van der Waals surface area contributed by atoms with Crippen LogP contribution in [-0.4, -0.2) is 4.92 Å². The van der Waals surface area contributed by atoms with Gasteiger partial charge in [-0.2, -0.15) is 0 Å². The molecule has 0 aliphatic rings. The van der Waals surface area contributed by atoms with Gasteiger partial charge in [-0.05, 0) is 6.07 Å². The van der Waals surface area contributed by atoms with E-state index in [1.807, 2.05) is 0 Å². The van der Waals surface area contributed by atoms with Crippen molar-refractivity contribution in [1.29, 1.82) is 0 Å². The molecule has 0 bridgehead atoms. The second kappa shape index (κ2) is 2.84. The quantitative estimate of drug-likeness (QED) is 0.486. The molecule has 11 heavy (non-hydrogen) atoms. The lowest BCUT2D eigenvalue weighted by atomic mass is 10.3. The number of hydrogen-bond acceptors (Lipinski definition) is 2. The fourth-order valence-corrected chi connectivity index (χ4v) is 0.861. The zero-order valence-electron chi connectivity index (χ0n) is 5.25. The largest absolute Gasteiger partial charge is 0.273 e. The molecule has 0 spiro atoms.